The molecule has 0 unspecified atom stereocenters. The quantitative estimate of drug-likeness (QED) is 0.435. The van der Waals surface area contributed by atoms with Gasteiger partial charge in [-0.25, -0.2) is 0 Å². The van der Waals surface area contributed by atoms with Gasteiger partial charge >= 0.3 is 0 Å². The Kier molecular flexibility index (Phi) is 61.4. The van der Waals surface area contributed by atoms with E-state index in [4.69, 9.17) is 10.2 Å². The Morgan fingerprint density at radius 2 is 1.00 bits per heavy atom. The van der Waals surface area contributed by atoms with Gasteiger partial charge in [-0.2, -0.15) is 0 Å². The predicted octanol–water partition coefficient (Wildman–Crippen LogP) is 0.347. The molecule has 0 aliphatic carbocycles. The zero-order valence-corrected chi connectivity index (χ0v) is 8.25. The van der Waals surface area contributed by atoms with E-state index in [9.17, 15) is 0 Å². The second kappa shape index (κ2) is 27.4. The maximum Gasteiger partial charge on any atom is 0.117 e. The standard InChI is InChI=1S/2CH3ClO.Zn/c2*2-1-3;/h2*3H,1H2;. The first-order valence-corrected chi connectivity index (χ1v) is 2.24. The molecule has 0 fully saturated rings. The number of alkyl halides is 2. The second-order valence-electron chi connectivity index (χ2n) is 0.239. The fraction of sp³-hybridized carbons (Fsp3) is 1.00. The predicted molar refractivity (Wildman–Crippen MR) is 25.9 cm³/mol. The van der Waals surface area contributed by atoms with E-state index in [1.54, 1.807) is 0 Å². The van der Waals surface area contributed by atoms with Crippen molar-refractivity contribution in [3.05, 3.63) is 0 Å². The van der Waals surface area contributed by atoms with Gasteiger partial charge in [-0.05, 0) is 0 Å². The molecule has 0 heterocycles. The van der Waals surface area contributed by atoms with Gasteiger partial charge in [0.25, 0.3) is 0 Å². The molecule has 0 aromatic rings. The smallest absolute Gasteiger partial charge is 0.117 e. The third-order valence-electron chi connectivity index (χ3n) is 0. The molecule has 0 atom stereocenters. The van der Waals surface area contributed by atoms with Crippen LogP contribution in [0.25, 0.3) is 0 Å². The van der Waals surface area contributed by atoms with Crippen molar-refractivity contribution in [1.82, 2.24) is 0 Å². The Labute approximate surface area is 65.2 Å². The molecule has 2 nitrogen and oxygen atoms in total. The van der Waals surface area contributed by atoms with Crippen LogP contribution in [-0.2, 0) is 19.5 Å². The van der Waals surface area contributed by atoms with Crippen LogP contribution in [0.5, 0.6) is 0 Å². The summed E-state index contributed by atoms with van der Waals surface area (Å²) in [6.07, 6.45) is 0. The Morgan fingerprint density at radius 3 is 1.00 bits per heavy atom. The van der Waals surface area contributed by atoms with Gasteiger partial charge in [0.05, 0.1) is 0 Å². The van der Waals surface area contributed by atoms with Crippen LogP contribution in [0.2, 0.25) is 0 Å². The summed E-state index contributed by atoms with van der Waals surface area (Å²) in [7, 11) is 0. The van der Waals surface area contributed by atoms with Gasteiger partial charge in [0.2, 0.25) is 0 Å². The normalized spacial score (nSPS) is 5.14. The molecule has 0 rings (SSSR count). The van der Waals surface area contributed by atoms with Crippen molar-refractivity contribution in [2.75, 3.05) is 12.1 Å². The Balaban J connectivity index is -0.0000000400. The maximum atomic E-state index is 7.33. The first kappa shape index (κ1) is 15.7. The number of aliphatic hydroxyl groups excluding tert-OH is 2. The van der Waals surface area contributed by atoms with Gasteiger partial charge in [-0.15, -0.1) is 0 Å². The molecule has 0 amide bonds. The SMILES string of the molecule is OCCl.OCCl.[Zn]. The molecule has 0 aromatic heterocycles. The molecule has 0 aliphatic heterocycles. The summed E-state index contributed by atoms with van der Waals surface area (Å²) in [6, 6.07) is -0.556. The van der Waals surface area contributed by atoms with E-state index in [1.165, 1.54) is 0 Å². The third kappa shape index (κ3) is 148. The molecule has 0 spiro atoms. The van der Waals surface area contributed by atoms with Gasteiger partial charge in [0.1, 0.15) is 12.1 Å². The van der Waals surface area contributed by atoms with Gasteiger partial charge in [-0.1, -0.05) is 23.2 Å². The molecule has 7 heavy (non-hydrogen) atoms. The number of rotatable bonds is 0. The number of hydrogen-bond donors (Lipinski definition) is 2. The van der Waals surface area contributed by atoms with Gasteiger partial charge < -0.3 is 10.2 Å². The Hall–Kier alpha value is 1.12. The van der Waals surface area contributed by atoms with Crippen molar-refractivity contribution in [3.8, 4) is 0 Å². The number of aliphatic hydroxyl groups is 2. The zero-order valence-electron chi connectivity index (χ0n) is 3.77. The van der Waals surface area contributed by atoms with Gasteiger partial charge in [0.15, 0.2) is 0 Å². The largest absolute Gasteiger partial charge is 0.381 e. The van der Waals surface area contributed by atoms with Crippen LogP contribution in [-0.4, -0.2) is 22.3 Å². The fourth-order valence-electron chi connectivity index (χ4n) is 0. The maximum absolute atomic E-state index is 7.33. The van der Waals surface area contributed by atoms with E-state index < -0.39 is 0 Å². The number of hydrogen-bond acceptors (Lipinski definition) is 2. The Bertz CT molecular complexity index is 15.7. The van der Waals surface area contributed by atoms with Crippen LogP contribution in [0.4, 0.5) is 0 Å². The molecular weight excluding hydrogens is 192 g/mol. The number of halogens is 2. The summed E-state index contributed by atoms with van der Waals surface area (Å²) in [4.78, 5) is 0. The molecule has 0 aliphatic rings. The van der Waals surface area contributed by atoms with Crippen molar-refractivity contribution < 1.29 is 29.7 Å². The van der Waals surface area contributed by atoms with Crippen molar-refractivity contribution in [1.29, 1.82) is 0 Å². The summed E-state index contributed by atoms with van der Waals surface area (Å²) >= 11 is 9.11. The van der Waals surface area contributed by atoms with E-state index in [-0.39, 0.29) is 31.6 Å². The van der Waals surface area contributed by atoms with E-state index in [0.717, 1.165) is 0 Å². The van der Waals surface area contributed by atoms with Crippen LogP contribution in [0, 0.1) is 0 Å². The van der Waals surface area contributed by atoms with Gasteiger partial charge in [-0.3, -0.25) is 0 Å². The first-order valence-electron chi connectivity index (χ1n) is 1.17. The van der Waals surface area contributed by atoms with Crippen LogP contribution in [0.1, 0.15) is 0 Å². The third-order valence-corrected chi connectivity index (χ3v) is 0. The van der Waals surface area contributed by atoms with Crippen LogP contribution in [0.15, 0.2) is 0 Å². The summed E-state index contributed by atoms with van der Waals surface area (Å²) < 4.78 is 0. The van der Waals surface area contributed by atoms with Crippen LogP contribution in [0.3, 0.4) is 0 Å². The average molecular weight is 198 g/mol. The van der Waals surface area contributed by atoms with E-state index in [1.807, 2.05) is 0 Å². The van der Waals surface area contributed by atoms with Crippen LogP contribution >= 0.6 is 23.2 Å². The van der Waals surface area contributed by atoms with Crippen LogP contribution < -0.4 is 0 Å². The first-order chi connectivity index (χ1) is 2.83. The molecule has 0 saturated carbocycles. The minimum atomic E-state index is -0.278. The average Bonchev–Trinajstić information content (AvgIpc) is 1.39. The Morgan fingerprint density at radius 1 is 1.00 bits per heavy atom. The molecule has 2 N–H and O–H groups in total. The fourth-order valence-corrected chi connectivity index (χ4v) is 0. The van der Waals surface area contributed by atoms with E-state index in [2.05, 4.69) is 23.2 Å². The minimum absolute atomic E-state index is 0. The summed E-state index contributed by atoms with van der Waals surface area (Å²) in [6.45, 7) is 0. The summed E-state index contributed by atoms with van der Waals surface area (Å²) in [5.74, 6) is 0. The summed E-state index contributed by atoms with van der Waals surface area (Å²) in [5.41, 5.74) is 0. The molecule has 0 saturated heterocycles. The van der Waals surface area contributed by atoms with Crippen molar-refractivity contribution >= 4 is 23.2 Å². The van der Waals surface area contributed by atoms with Crippen molar-refractivity contribution in [2.45, 2.75) is 0 Å². The van der Waals surface area contributed by atoms with E-state index >= 15 is 0 Å². The molecule has 42 valence electrons. The molecule has 0 bridgehead atoms. The molecule has 5 heteroatoms. The summed E-state index contributed by atoms with van der Waals surface area (Å²) in [5, 5.41) is 14.7. The van der Waals surface area contributed by atoms with E-state index in [0.29, 0.717) is 0 Å². The van der Waals surface area contributed by atoms with Crippen molar-refractivity contribution in [3.63, 3.8) is 0 Å². The topological polar surface area (TPSA) is 40.5 Å². The molecular formula is C2H6Cl2O2Zn. The molecule has 0 radical (unpaired) electrons. The second-order valence-corrected chi connectivity index (χ2v) is 0.717. The van der Waals surface area contributed by atoms with Crippen molar-refractivity contribution in [2.24, 2.45) is 0 Å². The molecule has 0 aromatic carbocycles. The van der Waals surface area contributed by atoms with Gasteiger partial charge in [0, 0.05) is 19.5 Å². The zero-order chi connectivity index (χ0) is 5.41. The monoisotopic (exact) mass is 196 g/mol. The minimum Gasteiger partial charge on any atom is -0.381 e.